The van der Waals surface area contributed by atoms with Gasteiger partial charge in [0.25, 0.3) is 0 Å². The second kappa shape index (κ2) is 4.97. The van der Waals surface area contributed by atoms with Gasteiger partial charge in [0.15, 0.2) is 11.9 Å². The maximum absolute atomic E-state index is 12.2. The highest BCUT2D eigenvalue weighted by atomic mass is 35.5. The molecule has 19 heavy (non-hydrogen) atoms. The Morgan fingerprint density at radius 1 is 1.05 bits per heavy atom. The molecule has 2 aromatic carbocycles. The van der Waals surface area contributed by atoms with Crippen molar-refractivity contribution in [3.8, 4) is 0 Å². The molecule has 3 rings (SSSR count). The zero-order valence-corrected chi connectivity index (χ0v) is 11.4. The second-order valence-corrected chi connectivity index (χ2v) is 5.22. The van der Waals surface area contributed by atoms with E-state index in [1.165, 1.54) is 0 Å². The normalized spacial score (nSPS) is 21.2. The van der Waals surface area contributed by atoms with Gasteiger partial charge in [-0.05, 0) is 12.1 Å². The average molecular weight is 293 g/mol. The smallest absolute Gasteiger partial charge is 0.194 e. The lowest BCUT2D eigenvalue weighted by molar-refractivity contribution is 0.0953. The minimum atomic E-state index is -0.443. The number of benzene rings is 2. The molecule has 2 atom stereocenters. The topological polar surface area (TPSA) is 29.6 Å². The van der Waals surface area contributed by atoms with Crippen LogP contribution in [0.25, 0.3) is 0 Å². The molecule has 1 fully saturated rings. The summed E-state index contributed by atoms with van der Waals surface area (Å²) in [5, 5.41) is 1.10. The number of hydrogen-bond donors (Lipinski definition) is 0. The summed E-state index contributed by atoms with van der Waals surface area (Å²) < 4.78 is 5.46. The van der Waals surface area contributed by atoms with Crippen LogP contribution in [0.4, 0.5) is 0 Å². The fourth-order valence-electron chi connectivity index (χ4n) is 2.05. The molecule has 2 nitrogen and oxygen atoms in total. The molecule has 1 heterocycles. The molecule has 0 saturated carbocycles. The molecule has 1 aliphatic heterocycles. The van der Waals surface area contributed by atoms with Gasteiger partial charge in [0.05, 0.1) is 0 Å². The quantitative estimate of drug-likeness (QED) is 0.623. The molecule has 0 spiro atoms. The number of epoxide rings is 1. The minimum Gasteiger partial charge on any atom is -0.356 e. The molecule has 1 saturated heterocycles. The summed E-state index contributed by atoms with van der Waals surface area (Å²) in [6.07, 6.45) is -0.710. The molecule has 1 aliphatic rings. The van der Waals surface area contributed by atoms with Crippen LogP contribution in [0, 0.1) is 0 Å². The number of hydrogen-bond acceptors (Lipinski definition) is 2. The van der Waals surface area contributed by atoms with Crippen LogP contribution < -0.4 is 0 Å². The summed E-state index contributed by atoms with van der Waals surface area (Å²) in [5.41, 5.74) is 1.46. The highest BCUT2D eigenvalue weighted by Gasteiger charge is 2.47. The largest absolute Gasteiger partial charge is 0.356 e. The Morgan fingerprint density at radius 3 is 2.47 bits per heavy atom. The Labute approximate surface area is 120 Å². The fraction of sp³-hybridized carbons (Fsp3) is 0.133. The SMILES string of the molecule is O=C(c1ccccc1)C1OC1c1ccc(Cl)cc1Cl. The molecule has 0 aromatic heterocycles. The zero-order chi connectivity index (χ0) is 13.4. The van der Waals surface area contributed by atoms with Crippen molar-refractivity contribution in [2.24, 2.45) is 0 Å². The number of carbonyl (C=O) groups excluding carboxylic acids is 1. The van der Waals surface area contributed by atoms with Crippen molar-refractivity contribution < 1.29 is 9.53 Å². The zero-order valence-electron chi connectivity index (χ0n) is 9.85. The van der Waals surface area contributed by atoms with Gasteiger partial charge in [0.2, 0.25) is 0 Å². The third-order valence-electron chi connectivity index (χ3n) is 3.08. The predicted molar refractivity (Wildman–Crippen MR) is 74.8 cm³/mol. The van der Waals surface area contributed by atoms with Crippen molar-refractivity contribution >= 4 is 29.0 Å². The van der Waals surface area contributed by atoms with Crippen molar-refractivity contribution in [1.82, 2.24) is 0 Å². The highest BCUT2D eigenvalue weighted by molar-refractivity contribution is 6.35. The molecular weight excluding hydrogens is 283 g/mol. The van der Waals surface area contributed by atoms with E-state index in [1.54, 1.807) is 30.3 Å². The summed E-state index contributed by atoms with van der Waals surface area (Å²) in [6, 6.07) is 14.3. The molecule has 0 aliphatic carbocycles. The molecule has 2 aromatic rings. The number of ether oxygens (including phenoxy) is 1. The molecule has 96 valence electrons. The Kier molecular flexibility index (Phi) is 3.31. The number of halogens is 2. The van der Waals surface area contributed by atoms with Gasteiger partial charge in [-0.2, -0.15) is 0 Å². The van der Waals surface area contributed by atoms with Crippen molar-refractivity contribution in [3.05, 3.63) is 69.7 Å². The van der Waals surface area contributed by atoms with Crippen LogP contribution >= 0.6 is 23.2 Å². The molecule has 2 unspecified atom stereocenters. The standard InChI is InChI=1S/C15H10Cl2O2/c16-10-6-7-11(12(17)8-10)14-15(19-14)13(18)9-4-2-1-3-5-9/h1-8,14-15H. The average Bonchev–Trinajstić information content (AvgIpc) is 3.19. The van der Waals surface area contributed by atoms with Crippen molar-refractivity contribution in [2.45, 2.75) is 12.2 Å². The first kappa shape index (κ1) is 12.7. The number of carbonyl (C=O) groups is 1. The monoisotopic (exact) mass is 292 g/mol. The molecule has 0 radical (unpaired) electrons. The molecule has 0 amide bonds. The van der Waals surface area contributed by atoms with E-state index in [9.17, 15) is 4.79 Å². The predicted octanol–water partition coefficient (Wildman–Crippen LogP) is 4.32. The first-order valence-corrected chi connectivity index (χ1v) is 6.62. The van der Waals surface area contributed by atoms with Gasteiger partial charge in [-0.15, -0.1) is 0 Å². The van der Waals surface area contributed by atoms with E-state index in [2.05, 4.69) is 0 Å². The summed E-state index contributed by atoms with van der Waals surface area (Å²) in [6.45, 7) is 0. The van der Waals surface area contributed by atoms with Gasteiger partial charge in [0.1, 0.15) is 6.10 Å². The van der Waals surface area contributed by atoms with Gasteiger partial charge < -0.3 is 4.74 Å². The van der Waals surface area contributed by atoms with E-state index in [0.717, 1.165) is 5.56 Å². The maximum atomic E-state index is 12.2. The molecule has 0 bridgehead atoms. The molecule has 4 heteroatoms. The maximum Gasteiger partial charge on any atom is 0.194 e. The summed E-state index contributed by atoms with van der Waals surface area (Å²) in [4.78, 5) is 12.2. The lowest BCUT2D eigenvalue weighted by atomic mass is 10.0. The van der Waals surface area contributed by atoms with E-state index in [4.69, 9.17) is 27.9 Å². The summed E-state index contributed by atoms with van der Waals surface area (Å²) in [5.74, 6) is -0.0170. The van der Waals surface area contributed by atoms with Crippen LogP contribution in [-0.2, 0) is 4.74 Å². The van der Waals surface area contributed by atoms with E-state index >= 15 is 0 Å². The van der Waals surface area contributed by atoms with Crippen LogP contribution in [0.15, 0.2) is 48.5 Å². The Bertz CT molecular complexity index is 625. The van der Waals surface area contributed by atoms with Crippen LogP contribution in [0.1, 0.15) is 22.0 Å². The van der Waals surface area contributed by atoms with E-state index < -0.39 is 6.10 Å². The van der Waals surface area contributed by atoms with E-state index in [0.29, 0.717) is 15.6 Å². The Balaban J connectivity index is 1.79. The summed E-state index contributed by atoms with van der Waals surface area (Å²) in [7, 11) is 0. The van der Waals surface area contributed by atoms with Gasteiger partial charge in [-0.1, -0.05) is 59.6 Å². The first-order valence-electron chi connectivity index (χ1n) is 5.86. The van der Waals surface area contributed by atoms with Crippen LogP contribution in [-0.4, -0.2) is 11.9 Å². The van der Waals surface area contributed by atoms with Crippen LogP contribution in [0.3, 0.4) is 0 Å². The summed E-state index contributed by atoms with van der Waals surface area (Å²) >= 11 is 11.9. The van der Waals surface area contributed by atoms with Crippen molar-refractivity contribution in [3.63, 3.8) is 0 Å². The number of rotatable bonds is 3. The molecular formula is C15H10Cl2O2. The Hall–Kier alpha value is -1.35. The van der Waals surface area contributed by atoms with Gasteiger partial charge in [-0.3, -0.25) is 4.79 Å². The second-order valence-electron chi connectivity index (χ2n) is 4.37. The minimum absolute atomic E-state index is 0.0170. The van der Waals surface area contributed by atoms with Gasteiger partial charge in [-0.25, -0.2) is 0 Å². The third-order valence-corrected chi connectivity index (χ3v) is 3.64. The lowest BCUT2D eigenvalue weighted by Crippen LogP contribution is -2.07. The highest BCUT2D eigenvalue weighted by Crippen LogP contribution is 2.43. The number of ketones is 1. The third kappa shape index (κ3) is 2.52. The van der Waals surface area contributed by atoms with Gasteiger partial charge in [0, 0.05) is 21.2 Å². The van der Waals surface area contributed by atoms with E-state index in [1.807, 2.05) is 18.2 Å². The van der Waals surface area contributed by atoms with Crippen LogP contribution in [0.5, 0.6) is 0 Å². The fourth-order valence-corrected chi connectivity index (χ4v) is 2.56. The van der Waals surface area contributed by atoms with Crippen molar-refractivity contribution in [1.29, 1.82) is 0 Å². The Morgan fingerprint density at radius 2 is 1.79 bits per heavy atom. The first-order chi connectivity index (χ1) is 9.16. The molecule has 0 N–H and O–H groups in total. The van der Waals surface area contributed by atoms with Crippen LogP contribution in [0.2, 0.25) is 10.0 Å². The van der Waals surface area contributed by atoms with E-state index in [-0.39, 0.29) is 11.9 Å². The van der Waals surface area contributed by atoms with Crippen molar-refractivity contribution in [2.75, 3.05) is 0 Å². The van der Waals surface area contributed by atoms with Gasteiger partial charge >= 0.3 is 0 Å². The lowest BCUT2D eigenvalue weighted by Gasteiger charge is -2.01. The number of Topliss-reactive ketones (excluding diaryl/α,β-unsaturated/α-hetero) is 1.